The Labute approximate surface area is 165 Å². The second kappa shape index (κ2) is 7.89. The molecule has 28 heavy (non-hydrogen) atoms. The highest BCUT2D eigenvalue weighted by Crippen LogP contribution is 2.28. The molecule has 3 aromatic rings. The van der Waals surface area contributed by atoms with Gasteiger partial charge >= 0.3 is 0 Å². The first-order valence-corrected chi connectivity index (χ1v) is 9.74. The number of fused-ring (bicyclic) bond motifs is 1. The van der Waals surface area contributed by atoms with Crippen LogP contribution < -0.4 is 4.74 Å². The fourth-order valence-electron chi connectivity index (χ4n) is 3.68. The van der Waals surface area contributed by atoms with Crippen molar-refractivity contribution in [2.24, 2.45) is 0 Å². The summed E-state index contributed by atoms with van der Waals surface area (Å²) in [4.78, 5) is 14.7. The molecule has 0 fully saturated rings. The normalized spacial score (nSPS) is 12.6. The van der Waals surface area contributed by atoms with E-state index in [0.717, 1.165) is 41.8 Å². The SMILES string of the molecule is Cc1cccc(OCCN(C)C(=O)c2nn(-c3ccccc3)c3c2CCC3)c1. The number of carbonyl (C=O) groups excluding carboxylic acids is 1. The van der Waals surface area contributed by atoms with E-state index in [-0.39, 0.29) is 5.91 Å². The monoisotopic (exact) mass is 375 g/mol. The summed E-state index contributed by atoms with van der Waals surface area (Å²) < 4.78 is 7.73. The average molecular weight is 375 g/mol. The minimum absolute atomic E-state index is 0.0410. The smallest absolute Gasteiger partial charge is 0.274 e. The highest BCUT2D eigenvalue weighted by Gasteiger charge is 2.28. The van der Waals surface area contributed by atoms with E-state index in [1.54, 1.807) is 4.90 Å². The Morgan fingerprint density at radius 3 is 2.75 bits per heavy atom. The maximum Gasteiger partial charge on any atom is 0.274 e. The summed E-state index contributed by atoms with van der Waals surface area (Å²) in [6, 6.07) is 18.0. The van der Waals surface area contributed by atoms with E-state index in [9.17, 15) is 4.79 Å². The molecular formula is C23H25N3O2. The molecule has 5 heteroatoms. The van der Waals surface area contributed by atoms with Gasteiger partial charge in [-0.05, 0) is 56.0 Å². The van der Waals surface area contributed by atoms with E-state index in [0.29, 0.717) is 18.8 Å². The fourth-order valence-corrected chi connectivity index (χ4v) is 3.68. The van der Waals surface area contributed by atoms with Crippen LogP contribution in [-0.4, -0.2) is 40.8 Å². The van der Waals surface area contributed by atoms with Crippen molar-refractivity contribution in [2.75, 3.05) is 20.2 Å². The Hall–Kier alpha value is -3.08. The van der Waals surface area contributed by atoms with Crippen LogP contribution in [0, 0.1) is 6.92 Å². The average Bonchev–Trinajstić information content (AvgIpc) is 3.31. The molecular weight excluding hydrogens is 350 g/mol. The van der Waals surface area contributed by atoms with Gasteiger partial charge in [0.2, 0.25) is 0 Å². The van der Waals surface area contributed by atoms with Crippen molar-refractivity contribution in [1.82, 2.24) is 14.7 Å². The molecule has 0 atom stereocenters. The number of hydrogen-bond donors (Lipinski definition) is 0. The van der Waals surface area contributed by atoms with Crippen molar-refractivity contribution in [2.45, 2.75) is 26.2 Å². The Morgan fingerprint density at radius 1 is 1.14 bits per heavy atom. The second-order valence-corrected chi connectivity index (χ2v) is 7.27. The standard InChI is InChI=1S/C23H25N3O2/c1-17-8-6-11-19(16-17)28-15-14-25(2)23(27)22-20-12-7-13-21(20)26(24-22)18-9-4-3-5-10-18/h3-6,8-11,16H,7,12-15H2,1-2H3. The Kier molecular flexibility index (Phi) is 5.15. The number of aryl methyl sites for hydroxylation is 1. The first kappa shape index (κ1) is 18.3. The maximum atomic E-state index is 13.0. The molecule has 4 rings (SSSR count). The van der Waals surface area contributed by atoms with E-state index >= 15 is 0 Å². The molecule has 1 heterocycles. The molecule has 0 N–H and O–H groups in total. The molecule has 0 saturated heterocycles. The van der Waals surface area contributed by atoms with Gasteiger partial charge in [-0.25, -0.2) is 4.68 Å². The molecule has 5 nitrogen and oxygen atoms in total. The third-order valence-corrected chi connectivity index (χ3v) is 5.17. The van der Waals surface area contributed by atoms with Crippen LogP contribution in [0.4, 0.5) is 0 Å². The molecule has 0 unspecified atom stereocenters. The zero-order valence-electron chi connectivity index (χ0n) is 16.4. The van der Waals surface area contributed by atoms with Crippen molar-refractivity contribution < 1.29 is 9.53 Å². The zero-order valence-corrected chi connectivity index (χ0v) is 16.4. The number of rotatable bonds is 6. The number of hydrogen-bond acceptors (Lipinski definition) is 3. The summed E-state index contributed by atoms with van der Waals surface area (Å²) in [5.41, 5.74) is 5.00. The number of nitrogens with zero attached hydrogens (tertiary/aromatic N) is 3. The van der Waals surface area contributed by atoms with Crippen molar-refractivity contribution in [3.8, 4) is 11.4 Å². The number of ether oxygens (including phenoxy) is 1. The summed E-state index contributed by atoms with van der Waals surface area (Å²) >= 11 is 0. The number of para-hydroxylation sites is 1. The van der Waals surface area contributed by atoms with Crippen LogP contribution >= 0.6 is 0 Å². The zero-order chi connectivity index (χ0) is 19.5. The predicted octanol–water partition coefficient (Wildman–Crippen LogP) is 3.82. The molecule has 0 aliphatic heterocycles. The summed E-state index contributed by atoms with van der Waals surface area (Å²) in [5.74, 6) is 0.788. The van der Waals surface area contributed by atoms with Crippen LogP contribution in [0.2, 0.25) is 0 Å². The molecule has 0 radical (unpaired) electrons. The van der Waals surface area contributed by atoms with E-state index in [1.807, 2.05) is 73.3 Å². The molecule has 1 aliphatic carbocycles. The quantitative estimate of drug-likeness (QED) is 0.658. The molecule has 0 saturated carbocycles. The Bertz CT molecular complexity index is 979. The Morgan fingerprint density at radius 2 is 1.96 bits per heavy atom. The van der Waals surface area contributed by atoms with Gasteiger partial charge in [-0.15, -0.1) is 0 Å². The van der Waals surface area contributed by atoms with E-state index in [1.165, 1.54) is 5.69 Å². The topological polar surface area (TPSA) is 47.4 Å². The number of aromatic nitrogens is 2. The lowest BCUT2D eigenvalue weighted by molar-refractivity contribution is 0.0766. The van der Waals surface area contributed by atoms with Gasteiger partial charge in [0.25, 0.3) is 5.91 Å². The molecule has 1 aromatic heterocycles. The third kappa shape index (κ3) is 3.65. The van der Waals surface area contributed by atoms with Crippen LogP contribution in [0.15, 0.2) is 54.6 Å². The largest absolute Gasteiger partial charge is 0.492 e. The molecule has 0 bridgehead atoms. The highest BCUT2D eigenvalue weighted by molar-refractivity contribution is 5.94. The van der Waals surface area contributed by atoms with Gasteiger partial charge in [-0.3, -0.25) is 4.79 Å². The van der Waals surface area contributed by atoms with Crippen molar-refractivity contribution in [1.29, 1.82) is 0 Å². The van der Waals surface area contributed by atoms with Crippen molar-refractivity contribution >= 4 is 5.91 Å². The molecule has 2 aromatic carbocycles. The lowest BCUT2D eigenvalue weighted by atomic mass is 10.2. The van der Waals surface area contributed by atoms with Crippen LogP contribution in [0.25, 0.3) is 5.69 Å². The molecule has 1 aliphatic rings. The second-order valence-electron chi connectivity index (χ2n) is 7.27. The van der Waals surface area contributed by atoms with Crippen LogP contribution in [0.3, 0.4) is 0 Å². The minimum atomic E-state index is -0.0410. The lowest BCUT2D eigenvalue weighted by Crippen LogP contribution is -2.31. The van der Waals surface area contributed by atoms with Gasteiger partial charge in [0.1, 0.15) is 12.4 Å². The lowest BCUT2D eigenvalue weighted by Gasteiger charge is -2.17. The summed E-state index contributed by atoms with van der Waals surface area (Å²) in [7, 11) is 1.81. The third-order valence-electron chi connectivity index (χ3n) is 5.17. The van der Waals surface area contributed by atoms with Gasteiger partial charge in [0.15, 0.2) is 5.69 Å². The predicted molar refractivity (Wildman–Crippen MR) is 109 cm³/mol. The fraction of sp³-hybridized carbons (Fsp3) is 0.304. The van der Waals surface area contributed by atoms with Gasteiger partial charge in [0, 0.05) is 18.3 Å². The van der Waals surface area contributed by atoms with Gasteiger partial charge in [-0.1, -0.05) is 30.3 Å². The first-order chi connectivity index (χ1) is 13.6. The van der Waals surface area contributed by atoms with Gasteiger partial charge < -0.3 is 9.64 Å². The number of benzene rings is 2. The minimum Gasteiger partial charge on any atom is -0.492 e. The van der Waals surface area contributed by atoms with E-state index < -0.39 is 0 Å². The van der Waals surface area contributed by atoms with E-state index in [4.69, 9.17) is 4.74 Å². The van der Waals surface area contributed by atoms with Gasteiger partial charge in [0.05, 0.1) is 12.2 Å². The van der Waals surface area contributed by atoms with Gasteiger partial charge in [-0.2, -0.15) is 5.10 Å². The summed E-state index contributed by atoms with van der Waals surface area (Å²) in [6.07, 6.45) is 2.95. The summed E-state index contributed by atoms with van der Waals surface area (Å²) in [6.45, 7) is 3.00. The molecule has 144 valence electrons. The first-order valence-electron chi connectivity index (χ1n) is 9.74. The van der Waals surface area contributed by atoms with Crippen molar-refractivity contribution in [3.63, 3.8) is 0 Å². The number of likely N-dealkylation sites (N-methyl/N-ethyl adjacent to an activating group) is 1. The van der Waals surface area contributed by atoms with Crippen LogP contribution in [0.5, 0.6) is 5.75 Å². The summed E-state index contributed by atoms with van der Waals surface area (Å²) in [5, 5.41) is 4.69. The van der Waals surface area contributed by atoms with Crippen LogP contribution in [-0.2, 0) is 12.8 Å². The van der Waals surface area contributed by atoms with E-state index in [2.05, 4.69) is 5.10 Å². The number of amides is 1. The molecule has 1 amide bonds. The van der Waals surface area contributed by atoms with Crippen molar-refractivity contribution in [3.05, 3.63) is 77.1 Å². The molecule has 0 spiro atoms. The van der Waals surface area contributed by atoms with Crippen LogP contribution in [0.1, 0.15) is 33.7 Å². The maximum absolute atomic E-state index is 13.0. The highest BCUT2D eigenvalue weighted by atomic mass is 16.5. The number of carbonyl (C=O) groups is 1. The Balaban J connectivity index is 1.47.